The molecule has 29 heavy (non-hydrogen) atoms. The van der Waals surface area contributed by atoms with Crippen LogP contribution in [0.25, 0.3) is 0 Å². The topological polar surface area (TPSA) is 49.8 Å². The first-order valence-corrected chi connectivity index (χ1v) is 10.5. The Labute approximate surface area is 173 Å². The molecule has 4 heteroatoms. The number of methoxy groups -OCH3 is 1. The van der Waals surface area contributed by atoms with Gasteiger partial charge in [-0.2, -0.15) is 0 Å². The summed E-state index contributed by atoms with van der Waals surface area (Å²) in [7, 11) is 1.72. The van der Waals surface area contributed by atoms with Crippen molar-refractivity contribution in [2.45, 2.75) is 44.7 Å². The van der Waals surface area contributed by atoms with Gasteiger partial charge >= 0.3 is 5.97 Å². The second-order valence-corrected chi connectivity index (χ2v) is 7.72. The standard InChI is InChI=1S/C25H31NO3/c1-29-23-14-9-13-22(18-23)25-21(12-7-2-3-8-15-24(27)28)16-17-26(25)19-20-10-5-4-6-11-20/h2,4-7,9-11,13-14,18,21,25H,3,8,12,15-17,19H2,1H3,(H,27,28)/b7-2-/t21-,25-/m1/s1. The van der Waals surface area contributed by atoms with Crippen molar-refractivity contribution in [1.82, 2.24) is 4.90 Å². The Morgan fingerprint density at radius 3 is 2.76 bits per heavy atom. The summed E-state index contributed by atoms with van der Waals surface area (Å²) in [5.41, 5.74) is 2.65. The summed E-state index contributed by atoms with van der Waals surface area (Å²) < 4.78 is 5.47. The van der Waals surface area contributed by atoms with Crippen LogP contribution in [0, 0.1) is 5.92 Å². The number of ether oxygens (including phenoxy) is 1. The first-order chi connectivity index (χ1) is 14.2. The van der Waals surface area contributed by atoms with E-state index in [1.165, 1.54) is 11.1 Å². The monoisotopic (exact) mass is 393 g/mol. The van der Waals surface area contributed by atoms with Gasteiger partial charge in [0.1, 0.15) is 5.75 Å². The van der Waals surface area contributed by atoms with Gasteiger partial charge in [0.2, 0.25) is 0 Å². The number of hydrogen-bond donors (Lipinski definition) is 1. The second-order valence-electron chi connectivity index (χ2n) is 7.72. The molecule has 0 aromatic heterocycles. The number of carboxylic acid groups (broad SMARTS) is 1. The fraction of sp³-hybridized carbons (Fsp3) is 0.400. The molecule has 154 valence electrons. The summed E-state index contributed by atoms with van der Waals surface area (Å²) in [6, 6.07) is 19.4. The van der Waals surface area contributed by atoms with Crippen LogP contribution in [0.3, 0.4) is 0 Å². The minimum Gasteiger partial charge on any atom is -0.497 e. The van der Waals surface area contributed by atoms with E-state index in [4.69, 9.17) is 9.84 Å². The van der Waals surface area contributed by atoms with Crippen LogP contribution in [0.2, 0.25) is 0 Å². The minimum absolute atomic E-state index is 0.241. The number of aliphatic carboxylic acids is 1. The van der Waals surface area contributed by atoms with Crippen LogP contribution in [0.4, 0.5) is 0 Å². The van der Waals surface area contributed by atoms with Crippen molar-refractivity contribution in [2.75, 3.05) is 13.7 Å². The van der Waals surface area contributed by atoms with Crippen LogP contribution in [0.1, 0.15) is 49.3 Å². The summed E-state index contributed by atoms with van der Waals surface area (Å²) in [6.07, 6.45) is 8.34. The summed E-state index contributed by atoms with van der Waals surface area (Å²) in [5, 5.41) is 8.76. The smallest absolute Gasteiger partial charge is 0.303 e. The third kappa shape index (κ3) is 6.20. The molecule has 1 aliphatic rings. The van der Waals surface area contributed by atoms with E-state index in [2.05, 4.69) is 65.6 Å². The van der Waals surface area contributed by atoms with Gasteiger partial charge < -0.3 is 9.84 Å². The van der Waals surface area contributed by atoms with E-state index in [0.29, 0.717) is 18.4 Å². The predicted molar refractivity (Wildman–Crippen MR) is 116 cm³/mol. The van der Waals surface area contributed by atoms with Crippen molar-refractivity contribution in [3.05, 3.63) is 77.9 Å². The normalized spacial score (nSPS) is 19.6. The van der Waals surface area contributed by atoms with Gasteiger partial charge in [-0.15, -0.1) is 0 Å². The van der Waals surface area contributed by atoms with Crippen molar-refractivity contribution in [2.24, 2.45) is 5.92 Å². The highest BCUT2D eigenvalue weighted by atomic mass is 16.5. The van der Waals surface area contributed by atoms with E-state index in [1.807, 2.05) is 6.07 Å². The molecular formula is C25H31NO3. The molecule has 1 saturated heterocycles. The maximum atomic E-state index is 10.6. The first kappa shape index (κ1) is 21.1. The number of unbranched alkanes of at least 4 members (excludes halogenated alkanes) is 1. The molecule has 4 nitrogen and oxygen atoms in total. The number of benzene rings is 2. The number of hydrogen-bond acceptors (Lipinski definition) is 3. The van der Waals surface area contributed by atoms with E-state index in [9.17, 15) is 4.79 Å². The van der Waals surface area contributed by atoms with Gasteiger partial charge in [0.25, 0.3) is 0 Å². The molecule has 0 spiro atoms. The van der Waals surface area contributed by atoms with Gasteiger partial charge in [-0.3, -0.25) is 9.69 Å². The number of nitrogens with zero attached hydrogens (tertiary/aromatic N) is 1. The van der Waals surface area contributed by atoms with E-state index in [1.54, 1.807) is 7.11 Å². The molecule has 0 bridgehead atoms. The summed E-state index contributed by atoms with van der Waals surface area (Å²) >= 11 is 0. The molecule has 3 rings (SSSR count). The highest BCUT2D eigenvalue weighted by Gasteiger charge is 2.34. The third-order valence-electron chi connectivity index (χ3n) is 5.66. The first-order valence-electron chi connectivity index (χ1n) is 10.5. The molecule has 1 fully saturated rings. The number of allylic oxidation sites excluding steroid dienone is 2. The lowest BCUT2D eigenvalue weighted by Gasteiger charge is -2.29. The molecular weight excluding hydrogens is 362 g/mol. The zero-order valence-corrected chi connectivity index (χ0v) is 17.2. The van der Waals surface area contributed by atoms with E-state index >= 15 is 0 Å². The molecule has 2 atom stereocenters. The number of likely N-dealkylation sites (tertiary alicyclic amines) is 1. The van der Waals surface area contributed by atoms with Crippen molar-refractivity contribution in [3.8, 4) is 5.75 Å². The summed E-state index contributed by atoms with van der Waals surface area (Å²) in [5.74, 6) is 0.724. The highest BCUT2D eigenvalue weighted by Crippen LogP contribution is 2.41. The molecule has 2 aromatic carbocycles. The van der Waals surface area contributed by atoms with Crippen LogP contribution < -0.4 is 4.74 Å². The van der Waals surface area contributed by atoms with Crippen molar-refractivity contribution < 1.29 is 14.6 Å². The fourth-order valence-electron chi connectivity index (χ4n) is 4.24. The Bertz CT molecular complexity index is 803. The summed E-state index contributed by atoms with van der Waals surface area (Å²) in [6.45, 7) is 2.02. The SMILES string of the molecule is COc1cccc([C@H]2[C@H](C/C=C\CCCC(=O)O)CCN2Cc2ccccc2)c1. The maximum Gasteiger partial charge on any atom is 0.303 e. The van der Waals surface area contributed by atoms with Crippen molar-refractivity contribution in [1.29, 1.82) is 0 Å². The molecule has 1 N–H and O–H groups in total. The van der Waals surface area contributed by atoms with Crippen molar-refractivity contribution >= 4 is 5.97 Å². The Balaban J connectivity index is 1.70. The average molecular weight is 394 g/mol. The zero-order chi connectivity index (χ0) is 20.5. The predicted octanol–water partition coefficient (Wildman–Crippen LogP) is 5.46. The lowest BCUT2D eigenvalue weighted by atomic mass is 9.90. The Morgan fingerprint density at radius 2 is 2.00 bits per heavy atom. The number of carboxylic acids is 1. The molecule has 0 aliphatic carbocycles. The second kappa shape index (κ2) is 10.8. The van der Waals surface area contributed by atoms with Crippen LogP contribution >= 0.6 is 0 Å². The minimum atomic E-state index is -0.719. The largest absolute Gasteiger partial charge is 0.497 e. The van der Waals surface area contributed by atoms with E-state index in [0.717, 1.165) is 38.1 Å². The lowest BCUT2D eigenvalue weighted by molar-refractivity contribution is -0.137. The zero-order valence-electron chi connectivity index (χ0n) is 17.2. The quantitative estimate of drug-likeness (QED) is 0.430. The van der Waals surface area contributed by atoms with Gasteiger partial charge in [-0.1, -0.05) is 54.6 Å². The van der Waals surface area contributed by atoms with E-state index in [-0.39, 0.29) is 6.42 Å². The summed E-state index contributed by atoms with van der Waals surface area (Å²) in [4.78, 5) is 13.2. The van der Waals surface area contributed by atoms with Crippen molar-refractivity contribution in [3.63, 3.8) is 0 Å². The van der Waals surface area contributed by atoms with Crippen LogP contribution in [-0.2, 0) is 11.3 Å². The maximum absolute atomic E-state index is 10.6. The Morgan fingerprint density at radius 1 is 1.17 bits per heavy atom. The van der Waals surface area contributed by atoms with E-state index < -0.39 is 5.97 Å². The molecule has 0 radical (unpaired) electrons. The molecule has 0 amide bonds. The van der Waals surface area contributed by atoms with Gasteiger partial charge in [0.05, 0.1) is 7.11 Å². The lowest BCUT2D eigenvalue weighted by Crippen LogP contribution is -2.25. The van der Waals surface area contributed by atoms with Gasteiger partial charge in [0, 0.05) is 19.0 Å². The number of rotatable bonds is 10. The Hall–Kier alpha value is -2.59. The molecule has 1 heterocycles. The highest BCUT2D eigenvalue weighted by molar-refractivity contribution is 5.66. The third-order valence-corrected chi connectivity index (χ3v) is 5.66. The number of carbonyl (C=O) groups is 1. The van der Waals surface area contributed by atoms with Gasteiger partial charge in [0.15, 0.2) is 0 Å². The van der Waals surface area contributed by atoms with Crippen LogP contribution in [-0.4, -0.2) is 29.6 Å². The molecule has 2 aromatic rings. The molecule has 0 saturated carbocycles. The van der Waals surface area contributed by atoms with Crippen LogP contribution in [0.5, 0.6) is 5.75 Å². The molecule has 1 aliphatic heterocycles. The average Bonchev–Trinajstić information content (AvgIpc) is 3.13. The van der Waals surface area contributed by atoms with Gasteiger partial charge in [-0.05, 0) is 61.4 Å². The Kier molecular flexibility index (Phi) is 7.88. The fourth-order valence-corrected chi connectivity index (χ4v) is 4.24. The van der Waals surface area contributed by atoms with Crippen LogP contribution in [0.15, 0.2) is 66.7 Å². The van der Waals surface area contributed by atoms with Gasteiger partial charge in [-0.25, -0.2) is 0 Å². The molecule has 0 unspecified atom stereocenters.